The highest BCUT2D eigenvalue weighted by atomic mass is 16.1. The lowest BCUT2D eigenvalue weighted by Crippen LogP contribution is -2.31. The first-order chi connectivity index (χ1) is 14.5. The first-order valence-corrected chi connectivity index (χ1v) is 9.54. The Kier molecular flexibility index (Phi) is 3.92. The molecule has 0 saturated carbocycles. The van der Waals surface area contributed by atoms with Gasteiger partial charge in [-0.1, -0.05) is 5.57 Å². The van der Waals surface area contributed by atoms with Gasteiger partial charge in [0.05, 0.1) is 36.6 Å². The van der Waals surface area contributed by atoms with Gasteiger partial charge in [-0.2, -0.15) is 15.3 Å². The fourth-order valence-corrected chi connectivity index (χ4v) is 3.93. The topological polar surface area (TPSA) is 119 Å². The fourth-order valence-electron chi connectivity index (χ4n) is 3.93. The van der Waals surface area contributed by atoms with Crippen molar-refractivity contribution in [3.8, 4) is 6.07 Å². The highest BCUT2D eigenvalue weighted by Crippen LogP contribution is 2.40. The van der Waals surface area contributed by atoms with Crippen molar-refractivity contribution in [2.45, 2.75) is 32.7 Å². The Bertz CT molecular complexity index is 1450. The summed E-state index contributed by atoms with van der Waals surface area (Å²) in [6.07, 6.45) is 6.07. The summed E-state index contributed by atoms with van der Waals surface area (Å²) >= 11 is 0. The van der Waals surface area contributed by atoms with Crippen molar-refractivity contribution in [3.63, 3.8) is 0 Å². The van der Waals surface area contributed by atoms with Gasteiger partial charge in [-0.3, -0.25) is 9.13 Å². The number of aromatic nitrogens is 7. The molecule has 30 heavy (non-hydrogen) atoms. The Balaban J connectivity index is 1.58. The molecule has 10 heteroatoms. The highest BCUT2D eigenvalue weighted by molar-refractivity contribution is 5.73. The summed E-state index contributed by atoms with van der Waals surface area (Å²) < 4.78 is 4.93. The minimum atomic E-state index is -0.142. The Morgan fingerprint density at radius 2 is 2.17 bits per heavy atom. The van der Waals surface area contributed by atoms with Crippen molar-refractivity contribution in [1.29, 1.82) is 5.26 Å². The van der Waals surface area contributed by atoms with Gasteiger partial charge in [0.15, 0.2) is 11.3 Å². The predicted molar refractivity (Wildman–Crippen MR) is 110 cm³/mol. The van der Waals surface area contributed by atoms with Crippen LogP contribution < -0.4 is 11.0 Å². The first-order valence-electron chi connectivity index (χ1n) is 9.54. The number of rotatable bonds is 4. The number of hydrogen-bond acceptors (Lipinski definition) is 7. The molecule has 0 saturated heterocycles. The Hall–Kier alpha value is -4.00. The van der Waals surface area contributed by atoms with Crippen LogP contribution in [0.5, 0.6) is 0 Å². The summed E-state index contributed by atoms with van der Waals surface area (Å²) in [6, 6.07) is 4.02. The summed E-state index contributed by atoms with van der Waals surface area (Å²) in [4.78, 5) is 26.1. The highest BCUT2D eigenvalue weighted by Gasteiger charge is 2.31. The number of aryl methyl sites for hydroxylation is 2. The third-order valence-corrected chi connectivity index (χ3v) is 5.80. The molecule has 4 aromatic rings. The number of anilines is 2. The number of imidazole rings is 1. The molecule has 0 radical (unpaired) electrons. The number of nitrogens with zero attached hydrogens (tertiary/aromatic N) is 8. The molecule has 4 heterocycles. The lowest BCUT2D eigenvalue weighted by molar-refractivity contribution is 0.489. The zero-order valence-electron chi connectivity index (χ0n) is 16.8. The van der Waals surface area contributed by atoms with Gasteiger partial charge in [0.2, 0.25) is 5.95 Å². The van der Waals surface area contributed by atoms with Crippen LogP contribution in [0.15, 0.2) is 40.7 Å². The minimum Gasteiger partial charge on any atom is -0.323 e. The van der Waals surface area contributed by atoms with E-state index < -0.39 is 0 Å². The van der Waals surface area contributed by atoms with E-state index >= 15 is 0 Å². The maximum atomic E-state index is 12.9. The van der Waals surface area contributed by atoms with Crippen LogP contribution in [-0.4, -0.2) is 33.7 Å². The van der Waals surface area contributed by atoms with Gasteiger partial charge < -0.3 is 5.32 Å². The van der Waals surface area contributed by atoms with Crippen molar-refractivity contribution < 1.29 is 0 Å². The number of nitriles is 1. The second kappa shape index (κ2) is 6.52. The van der Waals surface area contributed by atoms with E-state index in [0.29, 0.717) is 30.0 Å². The van der Waals surface area contributed by atoms with Gasteiger partial charge in [0.25, 0.3) is 0 Å². The minimum absolute atomic E-state index is 0.0828. The standard InChI is InChI=1S/C20H19N9O/c1-11-6-17-23-10-24-28(17)9-14(11)25-19-22-8-16-18(26-19)29(20(30)27(16)3)15-7-13(4-5-21)12(15)2/h6,8-10,15H,4,7H2,1-3H3,(H,22,25,26). The number of allylic oxidation sites excluding steroid dienone is 2. The van der Waals surface area contributed by atoms with Crippen LogP contribution in [0.3, 0.4) is 0 Å². The molecule has 1 N–H and O–H groups in total. The van der Waals surface area contributed by atoms with Crippen LogP contribution >= 0.6 is 0 Å². The zero-order valence-corrected chi connectivity index (χ0v) is 16.8. The SMILES string of the molecule is CC1=C(CC#N)CC1n1c(=O)n(C)c2cnc(Nc3cn4ncnc4cc3C)nc21. The third kappa shape index (κ3) is 2.59. The second-order valence-corrected chi connectivity index (χ2v) is 7.51. The fraction of sp³-hybridized carbons (Fsp3) is 0.300. The molecular weight excluding hydrogens is 382 g/mol. The zero-order chi connectivity index (χ0) is 21.0. The summed E-state index contributed by atoms with van der Waals surface area (Å²) in [5, 5.41) is 16.4. The van der Waals surface area contributed by atoms with Crippen LogP contribution in [0, 0.1) is 18.3 Å². The normalized spacial score (nSPS) is 16.1. The van der Waals surface area contributed by atoms with E-state index in [9.17, 15) is 4.79 Å². The van der Waals surface area contributed by atoms with Crippen molar-refractivity contribution in [2.75, 3.05) is 5.32 Å². The average molecular weight is 401 g/mol. The van der Waals surface area contributed by atoms with Crippen LogP contribution in [0.25, 0.3) is 16.8 Å². The first kappa shape index (κ1) is 18.1. The summed E-state index contributed by atoms with van der Waals surface area (Å²) in [5.74, 6) is 0.391. The van der Waals surface area contributed by atoms with Crippen LogP contribution in [0.1, 0.15) is 31.4 Å². The summed E-state index contributed by atoms with van der Waals surface area (Å²) in [6.45, 7) is 3.94. The molecule has 1 aliphatic carbocycles. The number of nitrogens with one attached hydrogen (secondary N) is 1. The van der Waals surface area contributed by atoms with Gasteiger partial charge in [-0.25, -0.2) is 19.3 Å². The Morgan fingerprint density at radius 1 is 1.33 bits per heavy atom. The average Bonchev–Trinajstić information content (AvgIpc) is 3.28. The van der Waals surface area contributed by atoms with Crippen molar-refractivity contribution in [1.82, 2.24) is 33.7 Å². The monoisotopic (exact) mass is 401 g/mol. The Labute approximate surface area is 171 Å². The lowest BCUT2D eigenvalue weighted by Gasteiger charge is -2.31. The van der Waals surface area contributed by atoms with Gasteiger partial charge in [-0.15, -0.1) is 0 Å². The maximum absolute atomic E-state index is 12.9. The maximum Gasteiger partial charge on any atom is 0.330 e. The molecule has 5 rings (SSSR count). The number of fused-ring (bicyclic) bond motifs is 2. The molecule has 1 aliphatic rings. The van der Waals surface area contributed by atoms with Crippen molar-refractivity contribution in [3.05, 3.63) is 52.0 Å². The quantitative estimate of drug-likeness (QED) is 0.522. The molecule has 10 nitrogen and oxygen atoms in total. The third-order valence-electron chi connectivity index (χ3n) is 5.80. The van der Waals surface area contributed by atoms with E-state index in [-0.39, 0.29) is 11.7 Å². The van der Waals surface area contributed by atoms with E-state index in [2.05, 4.69) is 31.4 Å². The molecule has 0 fully saturated rings. The number of pyridine rings is 1. The van der Waals surface area contributed by atoms with Gasteiger partial charge >= 0.3 is 5.69 Å². The molecule has 0 aliphatic heterocycles. The number of hydrogen-bond donors (Lipinski definition) is 1. The van der Waals surface area contributed by atoms with Gasteiger partial charge in [-0.05, 0) is 37.5 Å². The van der Waals surface area contributed by atoms with E-state index in [0.717, 1.165) is 28.0 Å². The van der Waals surface area contributed by atoms with E-state index in [1.807, 2.05) is 26.1 Å². The van der Waals surface area contributed by atoms with Crippen LogP contribution in [-0.2, 0) is 7.05 Å². The molecule has 0 bridgehead atoms. The van der Waals surface area contributed by atoms with Crippen LogP contribution in [0.2, 0.25) is 0 Å². The Morgan fingerprint density at radius 3 is 2.93 bits per heavy atom. The largest absolute Gasteiger partial charge is 0.330 e. The second-order valence-electron chi connectivity index (χ2n) is 7.51. The molecule has 150 valence electrons. The molecule has 0 aromatic carbocycles. The summed E-state index contributed by atoms with van der Waals surface area (Å²) in [5.41, 5.74) is 5.78. The molecule has 0 spiro atoms. The molecule has 4 aromatic heterocycles. The van der Waals surface area contributed by atoms with Crippen molar-refractivity contribution >= 4 is 28.4 Å². The molecule has 0 amide bonds. The van der Waals surface area contributed by atoms with Crippen LogP contribution in [0.4, 0.5) is 11.6 Å². The smallest absolute Gasteiger partial charge is 0.323 e. The molecular formula is C20H19N9O. The van der Waals surface area contributed by atoms with E-state index in [1.165, 1.54) is 6.33 Å². The molecule has 1 unspecified atom stereocenters. The van der Waals surface area contributed by atoms with Gasteiger partial charge in [0.1, 0.15) is 11.8 Å². The predicted octanol–water partition coefficient (Wildman–Crippen LogP) is 2.40. The van der Waals surface area contributed by atoms with E-state index in [1.54, 1.807) is 26.9 Å². The van der Waals surface area contributed by atoms with E-state index in [4.69, 9.17) is 5.26 Å². The van der Waals surface area contributed by atoms with Gasteiger partial charge in [0, 0.05) is 7.05 Å². The lowest BCUT2D eigenvalue weighted by atomic mass is 9.82. The summed E-state index contributed by atoms with van der Waals surface area (Å²) in [7, 11) is 1.72. The van der Waals surface area contributed by atoms with Crippen molar-refractivity contribution in [2.24, 2.45) is 7.05 Å². The molecule has 1 atom stereocenters.